The third kappa shape index (κ3) is 4.74. The summed E-state index contributed by atoms with van der Waals surface area (Å²) in [5.41, 5.74) is 2.50. The highest BCUT2D eigenvalue weighted by molar-refractivity contribution is 7.87. The molecule has 2 saturated heterocycles. The maximum atomic E-state index is 13.1. The van der Waals surface area contributed by atoms with Gasteiger partial charge in [0.25, 0.3) is 0 Å². The molecular formula is C25H29N3O5S. The Morgan fingerprint density at radius 2 is 1.94 bits per heavy atom. The minimum absolute atomic E-state index is 0.0682. The third-order valence-corrected chi connectivity index (χ3v) is 7.84. The maximum Gasteiger partial charge on any atom is 0.339 e. The highest BCUT2D eigenvalue weighted by Crippen LogP contribution is 2.39. The highest BCUT2D eigenvalue weighted by Gasteiger charge is 2.39. The molecule has 3 atom stereocenters. The van der Waals surface area contributed by atoms with Crippen molar-refractivity contribution in [3.05, 3.63) is 53.1 Å². The maximum absolute atomic E-state index is 13.1. The van der Waals surface area contributed by atoms with Crippen molar-refractivity contribution in [1.29, 1.82) is 5.26 Å². The molecule has 0 saturated carbocycles. The number of nitriles is 1. The van der Waals surface area contributed by atoms with Crippen LogP contribution in [-0.2, 0) is 14.9 Å². The van der Waals surface area contributed by atoms with Gasteiger partial charge in [-0.1, -0.05) is 17.7 Å². The van der Waals surface area contributed by atoms with Crippen molar-refractivity contribution in [3.8, 4) is 17.6 Å². The molecule has 0 unspecified atom stereocenters. The third-order valence-electron chi connectivity index (χ3n) is 6.59. The molecule has 0 aromatic heterocycles. The number of carbonyl (C=O) groups is 1. The van der Waals surface area contributed by atoms with Gasteiger partial charge in [-0.15, -0.1) is 0 Å². The lowest BCUT2D eigenvalue weighted by Crippen LogP contribution is -2.45. The van der Waals surface area contributed by atoms with Crippen molar-refractivity contribution >= 4 is 16.0 Å². The van der Waals surface area contributed by atoms with Gasteiger partial charge in [-0.05, 0) is 56.9 Å². The van der Waals surface area contributed by atoms with Gasteiger partial charge >= 0.3 is 10.1 Å². The molecule has 0 radical (unpaired) electrons. The van der Waals surface area contributed by atoms with Crippen molar-refractivity contribution < 1.29 is 22.1 Å². The number of hydrogen-bond donors (Lipinski definition) is 1. The largest absolute Gasteiger partial charge is 0.497 e. The summed E-state index contributed by atoms with van der Waals surface area (Å²) in [6.07, 6.45) is 2.01. The number of aryl methyl sites for hydroxylation is 2. The number of benzene rings is 2. The lowest BCUT2D eigenvalue weighted by molar-refractivity contribution is -0.133. The number of nitrogens with zero attached hydrogens (tertiary/aromatic N) is 2. The molecule has 0 bridgehead atoms. The average Bonchev–Trinajstić information content (AvgIpc) is 3.48. The van der Waals surface area contributed by atoms with Crippen molar-refractivity contribution in [1.82, 2.24) is 10.2 Å². The molecule has 0 spiro atoms. The van der Waals surface area contributed by atoms with Gasteiger partial charge in [-0.2, -0.15) is 13.7 Å². The molecule has 1 amide bonds. The summed E-state index contributed by atoms with van der Waals surface area (Å²) in [6, 6.07) is 11.3. The molecule has 2 aromatic rings. The fourth-order valence-electron chi connectivity index (χ4n) is 4.82. The van der Waals surface area contributed by atoms with E-state index < -0.39 is 16.2 Å². The van der Waals surface area contributed by atoms with Gasteiger partial charge < -0.3 is 19.1 Å². The minimum atomic E-state index is -4.06. The van der Waals surface area contributed by atoms with Crippen molar-refractivity contribution in [2.45, 2.75) is 56.0 Å². The molecule has 8 nitrogen and oxygen atoms in total. The van der Waals surface area contributed by atoms with Gasteiger partial charge in [0.15, 0.2) is 0 Å². The van der Waals surface area contributed by atoms with Gasteiger partial charge in [-0.25, -0.2) is 0 Å². The highest BCUT2D eigenvalue weighted by atomic mass is 32.2. The molecule has 2 fully saturated rings. The van der Waals surface area contributed by atoms with Crippen LogP contribution < -0.4 is 14.2 Å². The minimum Gasteiger partial charge on any atom is -0.497 e. The Kier molecular flexibility index (Phi) is 6.82. The van der Waals surface area contributed by atoms with Crippen LogP contribution in [0.2, 0.25) is 0 Å². The number of carbonyl (C=O) groups excluding carboxylic acids is 1. The summed E-state index contributed by atoms with van der Waals surface area (Å²) in [4.78, 5) is 14.8. The summed E-state index contributed by atoms with van der Waals surface area (Å²) in [6.45, 7) is 4.84. The zero-order chi connectivity index (χ0) is 24.5. The van der Waals surface area contributed by atoms with Gasteiger partial charge in [0.1, 0.15) is 22.4 Å². The summed E-state index contributed by atoms with van der Waals surface area (Å²) in [7, 11) is -2.55. The number of likely N-dealkylation sites (tertiary alicyclic amines) is 1. The Labute approximate surface area is 200 Å². The second kappa shape index (κ2) is 9.65. The molecule has 2 aliphatic rings. The van der Waals surface area contributed by atoms with Gasteiger partial charge in [-0.3, -0.25) is 4.79 Å². The van der Waals surface area contributed by atoms with Crippen LogP contribution in [0.15, 0.2) is 41.3 Å². The Morgan fingerprint density at radius 3 is 2.62 bits per heavy atom. The fourth-order valence-corrected chi connectivity index (χ4v) is 5.76. The first-order chi connectivity index (χ1) is 16.2. The zero-order valence-electron chi connectivity index (χ0n) is 19.6. The second-order valence-electron chi connectivity index (χ2n) is 8.92. The van der Waals surface area contributed by atoms with Gasteiger partial charge in [0.05, 0.1) is 19.2 Å². The first-order valence-electron chi connectivity index (χ1n) is 11.4. The first kappa shape index (κ1) is 24.0. The molecule has 2 aliphatic heterocycles. The number of nitrogens with one attached hydrogen (secondary N) is 1. The lowest BCUT2D eigenvalue weighted by Gasteiger charge is -2.23. The van der Waals surface area contributed by atoms with E-state index in [0.717, 1.165) is 23.1 Å². The molecule has 34 heavy (non-hydrogen) atoms. The van der Waals surface area contributed by atoms with E-state index >= 15 is 0 Å². The van der Waals surface area contributed by atoms with E-state index in [1.54, 1.807) is 23.1 Å². The van der Waals surface area contributed by atoms with E-state index in [0.29, 0.717) is 31.7 Å². The van der Waals surface area contributed by atoms with Crippen molar-refractivity contribution in [3.63, 3.8) is 0 Å². The quantitative estimate of drug-likeness (QED) is 0.629. The number of rotatable bonds is 6. The topological polar surface area (TPSA) is 109 Å². The Balaban J connectivity index is 1.62. The molecule has 2 heterocycles. The van der Waals surface area contributed by atoms with Crippen LogP contribution in [0.3, 0.4) is 0 Å². The number of hydrogen-bond acceptors (Lipinski definition) is 7. The predicted octanol–water partition coefficient (Wildman–Crippen LogP) is 3.04. The van der Waals surface area contributed by atoms with E-state index in [1.807, 2.05) is 19.9 Å². The van der Waals surface area contributed by atoms with E-state index in [-0.39, 0.29) is 28.5 Å². The molecule has 180 valence electrons. The Morgan fingerprint density at radius 1 is 1.21 bits per heavy atom. The first-order valence-corrected chi connectivity index (χ1v) is 12.8. The van der Waals surface area contributed by atoms with Crippen LogP contribution >= 0.6 is 0 Å². The number of ether oxygens (including phenoxy) is 1. The van der Waals surface area contributed by atoms with E-state index in [1.165, 1.54) is 19.2 Å². The predicted molar refractivity (Wildman–Crippen MR) is 126 cm³/mol. The Bertz CT molecular complexity index is 1220. The number of methoxy groups -OCH3 is 1. The van der Waals surface area contributed by atoms with Crippen LogP contribution in [0, 0.1) is 25.2 Å². The van der Waals surface area contributed by atoms with Crippen LogP contribution in [0.1, 0.15) is 41.9 Å². The van der Waals surface area contributed by atoms with E-state index in [2.05, 4.69) is 11.4 Å². The van der Waals surface area contributed by atoms with Crippen LogP contribution in [0.4, 0.5) is 0 Å². The van der Waals surface area contributed by atoms with Crippen LogP contribution in [0.25, 0.3) is 0 Å². The van der Waals surface area contributed by atoms with Gasteiger partial charge in [0, 0.05) is 30.6 Å². The SMILES string of the molecule is COc1cc(C)c([C@@H]2CN[C@H](C(=O)N3CCC[C@H]3C#N)C2)c(OS(=O)(=O)c2ccc(C)cc2)c1. The number of amides is 1. The van der Waals surface area contributed by atoms with E-state index in [4.69, 9.17) is 8.92 Å². The fraction of sp³-hybridized carbons (Fsp3) is 0.440. The zero-order valence-corrected chi connectivity index (χ0v) is 20.4. The average molecular weight is 484 g/mol. The molecule has 4 rings (SSSR count). The molecule has 2 aromatic carbocycles. The molecule has 0 aliphatic carbocycles. The second-order valence-corrected chi connectivity index (χ2v) is 10.5. The summed E-state index contributed by atoms with van der Waals surface area (Å²) < 4.78 is 37.1. The summed E-state index contributed by atoms with van der Waals surface area (Å²) >= 11 is 0. The normalized spacial score (nSPS) is 22.4. The lowest BCUT2D eigenvalue weighted by atomic mass is 9.91. The smallest absolute Gasteiger partial charge is 0.339 e. The summed E-state index contributed by atoms with van der Waals surface area (Å²) in [5.74, 6) is 0.481. The van der Waals surface area contributed by atoms with Crippen LogP contribution in [0.5, 0.6) is 11.5 Å². The van der Waals surface area contributed by atoms with E-state index in [9.17, 15) is 18.5 Å². The molecular weight excluding hydrogens is 454 g/mol. The van der Waals surface area contributed by atoms with Gasteiger partial charge in [0.2, 0.25) is 5.91 Å². The van der Waals surface area contributed by atoms with Crippen molar-refractivity contribution in [2.75, 3.05) is 20.2 Å². The molecule has 1 N–H and O–H groups in total. The van der Waals surface area contributed by atoms with Crippen LogP contribution in [-0.4, -0.2) is 51.5 Å². The van der Waals surface area contributed by atoms with Crippen molar-refractivity contribution in [2.24, 2.45) is 0 Å². The Hall–Kier alpha value is -3.09. The summed E-state index contributed by atoms with van der Waals surface area (Å²) in [5, 5.41) is 12.6. The standard InChI is InChI=1S/C25H29N3O5S/c1-16-6-8-21(9-7-16)34(30,31)33-23-13-20(32-3)11-17(2)24(23)18-12-22(27-15-18)25(29)28-10-4-5-19(28)14-26/h6-9,11,13,18-19,22,27H,4-5,10,12,15H2,1-3H3/t18-,19-,22-/m0/s1. The monoisotopic (exact) mass is 483 g/mol. The molecule has 9 heteroatoms.